The van der Waals surface area contributed by atoms with Crippen LogP contribution in [0.5, 0.6) is 0 Å². The molecule has 0 fully saturated rings. The molecule has 0 aliphatic heterocycles. The van der Waals surface area contributed by atoms with Crippen molar-refractivity contribution in [1.82, 2.24) is 0 Å². The Morgan fingerprint density at radius 1 is 1.33 bits per heavy atom. The van der Waals surface area contributed by atoms with E-state index < -0.39 is 0 Å². The minimum Gasteiger partial charge on any atom is -1.00 e. The fourth-order valence-electron chi connectivity index (χ4n) is 0.118. The second-order valence-corrected chi connectivity index (χ2v) is 0.813. The predicted octanol–water partition coefficient (Wildman–Crippen LogP) is -1.13. The summed E-state index contributed by atoms with van der Waals surface area (Å²) in [5.41, 5.74) is 0. The second-order valence-electron chi connectivity index (χ2n) is 0.813. The summed E-state index contributed by atoms with van der Waals surface area (Å²) in [5, 5.41) is 0. The number of rotatable bonds is 2. The van der Waals surface area contributed by atoms with E-state index in [1.54, 1.807) is 0 Å². The van der Waals surface area contributed by atoms with Crippen LogP contribution in [-0.2, 0) is 0 Å². The van der Waals surface area contributed by atoms with Gasteiger partial charge in [0, 0.05) is 0 Å². The monoisotopic (exact) mass is 108 g/mol. The zero-order valence-corrected chi connectivity index (χ0v) is 7.40. The molecule has 0 unspecified atom stereocenters. The van der Waals surface area contributed by atoms with Crippen LogP contribution in [0, 0.1) is 0 Å². The second kappa shape index (κ2) is 9.45. The van der Waals surface area contributed by atoms with E-state index >= 15 is 0 Å². The van der Waals surface area contributed by atoms with Crippen LogP contribution in [0.4, 0.5) is 0 Å². The van der Waals surface area contributed by atoms with Gasteiger partial charge in [-0.15, -0.1) is 13.2 Å². The van der Waals surface area contributed by atoms with Crippen molar-refractivity contribution in [2.75, 3.05) is 0 Å². The van der Waals surface area contributed by atoms with Crippen LogP contribution in [0.25, 0.3) is 0 Å². The maximum Gasteiger partial charge on any atom is 1.00 e. The SMILES string of the molecule is C=CCC=C.[H-].[K+]. The molecule has 0 spiro atoms. The van der Waals surface area contributed by atoms with E-state index in [0.29, 0.717) is 0 Å². The third kappa shape index (κ3) is 8.93. The standard InChI is InChI=1S/C5H8.K.H/c1-3-5-4-2;;/h3-4H,1-2,5H2;;/q;+1;-1. The van der Waals surface area contributed by atoms with Gasteiger partial charge < -0.3 is 1.43 Å². The van der Waals surface area contributed by atoms with Gasteiger partial charge in [0.1, 0.15) is 0 Å². The molecule has 30 valence electrons. The Balaban J connectivity index is -0.0000000800. The van der Waals surface area contributed by atoms with Gasteiger partial charge in [0.2, 0.25) is 0 Å². The zero-order valence-electron chi connectivity index (χ0n) is 5.28. The minimum atomic E-state index is 0. The van der Waals surface area contributed by atoms with Crippen molar-refractivity contribution in [2.24, 2.45) is 0 Å². The van der Waals surface area contributed by atoms with Crippen LogP contribution in [0.3, 0.4) is 0 Å². The molecule has 0 radical (unpaired) electrons. The molecule has 0 aromatic rings. The van der Waals surface area contributed by atoms with Crippen molar-refractivity contribution < 1.29 is 52.8 Å². The van der Waals surface area contributed by atoms with Gasteiger partial charge in [-0.05, 0) is 6.42 Å². The van der Waals surface area contributed by atoms with E-state index in [0.717, 1.165) is 6.42 Å². The van der Waals surface area contributed by atoms with Crippen molar-refractivity contribution in [3.63, 3.8) is 0 Å². The van der Waals surface area contributed by atoms with Crippen LogP contribution in [0.1, 0.15) is 7.85 Å². The van der Waals surface area contributed by atoms with E-state index in [1.165, 1.54) is 0 Å². The van der Waals surface area contributed by atoms with Gasteiger partial charge in [-0.1, -0.05) is 12.2 Å². The van der Waals surface area contributed by atoms with Crippen LogP contribution < -0.4 is 51.4 Å². The summed E-state index contributed by atoms with van der Waals surface area (Å²) >= 11 is 0. The molecule has 0 saturated heterocycles. The number of hydrogen-bond acceptors (Lipinski definition) is 0. The summed E-state index contributed by atoms with van der Waals surface area (Å²) in [6.45, 7) is 6.96. The first kappa shape index (κ1) is 10.2. The first-order valence-corrected chi connectivity index (χ1v) is 1.63. The maximum absolute atomic E-state index is 3.48. The molecule has 0 aromatic carbocycles. The van der Waals surface area contributed by atoms with Gasteiger partial charge in [0.25, 0.3) is 0 Å². The first-order chi connectivity index (χ1) is 2.41. The van der Waals surface area contributed by atoms with Crippen LogP contribution >= 0.6 is 0 Å². The molecule has 0 amide bonds. The van der Waals surface area contributed by atoms with E-state index in [2.05, 4.69) is 13.2 Å². The summed E-state index contributed by atoms with van der Waals surface area (Å²) < 4.78 is 0. The summed E-state index contributed by atoms with van der Waals surface area (Å²) in [7, 11) is 0. The van der Waals surface area contributed by atoms with E-state index in [1.807, 2.05) is 12.2 Å². The Bertz CT molecular complexity index is 37.3. The molecule has 0 aromatic heterocycles. The zero-order chi connectivity index (χ0) is 4.12. The Labute approximate surface area is 83.2 Å². The number of allylic oxidation sites excluding steroid dienone is 2. The van der Waals surface area contributed by atoms with E-state index in [4.69, 9.17) is 0 Å². The van der Waals surface area contributed by atoms with Gasteiger partial charge in [-0.25, -0.2) is 0 Å². The van der Waals surface area contributed by atoms with Gasteiger partial charge in [0.05, 0.1) is 0 Å². The summed E-state index contributed by atoms with van der Waals surface area (Å²) in [5.74, 6) is 0. The molecule has 0 atom stereocenters. The molecule has 0 heterocycles. The molecule has 0 nitrogen and oxygen atoms in total. The Morgan fingerprint density at radius 3 is 1.67 bits per heavy atom. The maximum atomic E-state index is 3.48. The Morgan fingerprint density at radius 2 is 1.67 bits per heavy atom. The third-order valence-electron chi connectivity index (χ3n) is 0.333. The van der Waals surface area contributed by atoms with Crippen molar-refractivity contribution >= 4 is 0 Å². The normalized spacial score (nSPS) is 5.33. The summed E-state index contributed by atoms with van der Waals surface area (Å²) in [6.07, 6.45) is 4.54. The van der Waals surface area contributed by atoms with E-state index in [9.17, 15) is 0 Å². The Kier molecular flexibility index (Phi) is 16.0. The number of hydrogen-bond donors (Lipinski definition) is 0. The molecule has 1 heteroatoms. The fraction of sp³-hybridized carbons (Fsp3) is 0.200. The van der Waals surface area contributed by atoms with Crippen LogP contribution in [0.2, 0.25) is 0 Å². The quantitative estimate of drug-likeness (QED) is 0.310. The third-order valence-corrected chi connectivity index (χ3v) is 0.333. The molecule has 0 aliphatic rings. The molecule has 0 bridgehead atoms. The summed E-state index contributed by atoms with van der Waals surface area (Å²) in [6, 6.07) is 0. The minimum absolute atomic E-state index is 0. The molecular formula is C5H9K. The summed E-state index contributed by atoms with van der Waals surface area (Å²) in [4.78, 5) is 0. The molecule has 0 saturated carbocycles. The first-order valence-electron chi connectivity index (χ1n) is 1.63. The Hall–Kier alpha value is 1.12. The van der Waals surface area contributed by atoms with Gasteiger partial charge in [-0.2, -0.15) is 0 Å². The van der Waals surface area contributed by atoms with Crippen molar-refractivity contribution in [2.45, 2.75) is 6.42 Å². The average Bonchev–Trinajstić information content (AvgIpc) is 1.41. The average molecular weight is 108 g/mol. The topological polar surface area (TPSA) is 0 Å². The van der Waals surface area contributed by atoms with Crippen LogP contribution in [0.15, 0.2) is 25.3 Å². The van der Waals surface area contributed by atoms with Crippen molar-refractivity contribution in [3.05, 3.63) is 25.3 Å². The predicted molar refractivity (Wildman–Crippen MR) is 26.1 cm³/mol. The molecular weight excluding hydrogens is 99.2 g/mol. The molecule has 0 aliphatic carbocycles. The fourth-order valence-corrected chi connectivity index (χ4v) is 0.118. The smallest absolute Gasteiger partial charge is 1.00 e. The van der Waals surface area contributed by atoms with Crippen LogP contribution in [-0.4, -0.2) is 0 Å². The molecule has 0 N–H and O–H groups in total. The van der Waals surface area contributed by atoms with Gasteiger partial charge >= 0.3 is 51.4 Å². The van der Waals surface area contributed by atoms with Gasteiger partial charge in [-0.3, -0.25) is 0 Å². The molecule has 0 rings (SSSR count). The van der Waals surface area contributed by atoms with Gasteiger partial charge in [0.15, 0.2) is 0 Å². The van der Waals surface area contributed by atoms with Crippen molar-refractivity contribution in [1.29, 1.82) is 0 Å². The van der Waals surface area contributed by atoms with E-state index in [-0.39, 0.29) is 52.8 Å². The molecule has 6 heavy (non-hydrogen) atoms. The van der Waals surface area contributed by atoms with Crippen molar-refractivity contribution in [3.8, 4) is 0 Å². The largest absolute Gasteiger partial charge is 1.00 e.